The third-order valence-electron chi connectivity index (χ3n) is 1.86. The van der Waals surface area contributed by atoms with Crippen LogP contribution in [0.15, 0.2) is 12.2 Å². The van der Waals surface area contributed by atoms with E-state index >= 15 is 0 Å². The van der Waals surface area contributed by atoms with Crippen LogP contribution < -0.4 is 0 Å². The Balaban J connectivity index is -0.0000000361. The molecule has 0 N–H and O–H groups in total. The van der Waals surface area contributed by atoms with Crippen LogP contribution in [0.5, 0.6) is 0 Å². The molecule has 0 amide bonds. The van der Waals surface area contributed by atoms with Gasteiger partial charge in [-0.3, -0.25) is 0 Å². The van der Waals surface area contributed by atoms with Crippen molar-refractivity contribution in [1.29, 1.82) is 0 Å². The minimum Gasteiger partial charge on any atom is -0.394 e. The molecule has 0 aliphatic heterocycles. The van der Waals surface area contributed by atoms with Crippen molar-refractivity contribution in [1.82, 2.24) is 0 Å². The first-order chi connectivity index (χ1) is 10.1. The van der Waals surface area contributed by atoms with Crippen LogP contribution >= 0.6 is 0 Å². The molecule has 0 saturated heterocycles. The smallest absolute Gasteiger partial charge is 0 e. The molecular formula is C20H42WY-2. The van der Waals surface area contributed by atoms with Gasteiger partial charge in [0.1, 0.15) is 0 Å². The Morgan fingerprint density at radius 3 is 1.00 bits per heavy atom. The van der Waals surface area contributed by atoms with Gasteiger partial charge in [-0.05, 0) is 0 Å². The SMILES string of the molecule is C1CCCC1.CC.CC.CCC.CC[C](C)=[W].[CH-]=CC=[CH-].[Y]. The number of rotatable bonds is 2. The van der Waals surface area contributed by atoms with E-state index in [1.165, 1.54) is 57.1 Å². The molecule has 0 bridgehead atoms. The van der Waals surface area contributed by atoms with E-state index < -0.39 is 0 Å². The maximum absolute atomic E-state index is 4.72. The predicted octanol–water partition coefficient (Wildman–Crippen LogP) is 7.52. The van der Waals surface area contributed by atoms with Crippen molar-refractivity contribution in [3.8, 4) is 0 Å². The molecule has 1 fully saturated rings. The van der Waals surface area contributed by atoms with Crippen molar-refractivity contribution in [2.24, 2.45) is 0 Å². The predicted molar refractivity (Wildman–Crippen MR) is 100 cm³/mol. The van der Waals surface area contributed by atoms with Crippen molar-refractivity contribution in [3.63, 3.8) is 0 Å². The Morgan fingerprint density at radius 1 is 0.818 bits per heavy atom. The largest absolute Gasteiger partial charge is 0.394 e. The summed E-state index contributed by atoms with van der Waals surface area (Å²) >= 11 is 1.63. The van der Waals surface area contributed by atoms with Gasteiger partial charge in [-0.25, -0.2) is 0 Å². The second kappa shape index (κ2) is 57.3. The third kappa shape index (κ3) is 103. The molecule has 0 atom stereocenters. The Hall–Kier alpha value is 1.14. The molecule has 1 saturated carbocycles. The topological polar surface area (TPSA) is 0 Å². The summed E-state index contributed by atoms with van der Waals surface area (Å²) in [5.41, 5.74) is 0. The van der Waals surface area contributed by atoms with Gasteiger partial charge in [-0.1, -0.05) is 80.1 Å². The quantitative estimate of drug-likeness (QED) is 0.244. The third-order valence-corrected chi connectivity index (χ3v) is 2.90. The van der Waals surface area contributed by atoms with Gasteiger partial charge in [0.2, 0.25) is 0 Å². The molecular weight excluding hydrogens is 513 g/mol. The second-order valence-corrected chi connectivity index (χ2v) is 6.42. The Labute approximate surface area is 180 Å². The number of hydrogen-bond donors (Lipinski definition) is 0. The first kappa shape index (κ1) is 38.6. The fourth-order valence-electron chi connectivity index (χ4n) is 0.884. The molecule has 1 radical (unpaired) electrons. The van der Waals surface area contributed by atoms with Crippen LogP contribution in [-0.4, -0.2) is 3.90 Å². The van der Waals surface area contributed by atoms with Crippen LogP contribution in [-0.2, 0) is 52.1 Å². The zero-order valence-electron chi connectivity index (χ0n) is 16.7. The molecule has 1 aliphatic carbocycles. The van der Waals surface area contributed by atoms with E-state index in [-0.39, 0.29) is 32.7 Å². The van der Waals surface area contributed by atoms with Gasteiger partial charge >= 0.3 is 43.5 Å². The maximum atomic E-state index is 4.72. The molecule has 2 heteroatoms. The summed E-state index contributed by atoms with van der Waals surface area (Å²) in [5, 5.41) is 0. The number of allylic oxidation sites excluding steroid dienone is 2. The van der Waals surface area contributed by atoms with Crippen molar-refractivity contribution in [3.05, 3.63) is 25.3 Å². The molecule has 0 unspecified atom stereocenters. The summed E-state index contributed by atoms with van der Waals surface area (Å²) in [4.78, 5) is 0. The van der Waals surface area contributed by atoms with E-state index in [0.717, 1.165) is 0 Å². The zero-order valence-corrected chi connectivity index (χ0v) is 22.5. The summed E-state index contributed by atoms with van der Waals surface area (Å²) in [5.74, 6) is 0. The van der Waals surface area contributed by atoms with Crippen LogP contribution in [0.2, 0.25) is 0 Å². The minimum absolute atomic E-state index is 0. The Bertz CT molecular complexity index is 147. The van der Waals surface area contributed by atoms with Crippen molar-refractivity contribution < 1.29 is 52.1 Å². The maximum Gasteiger partial charge on any atom is 0 e. The van der Waals surface area contributed by atoms with E-state index in [2.05, 4.69) is 27.7 Å². The molecule has 0 aromatic rings. The standard InChI is InChI=1S/C5H10.C4H8.C4H4.C3H8.2C2H6.W.Y/c1-2-4-5-3-1;2*1-3-4-2;1-3-2;2*1-2;;/h1-5H2;3H2,1-2H3;1-4H;3H2,1-2H3;2*1-2H3;;/q;;-2;;;;;. The van der Waals surface area contributed by atoms with Crippen LogP contribution in [0.25, 0.3) is 0 Å². The van der Waals surface area contributed by atoms with E-state index in [0.29, 0.717) is 0 Å². The summed E-state index contributed by atoms with van der Waals surface area (Å²) in [6.45, 7) is 26.1. The van der Waals surface area contributed by atoms with Gasteiger partial charge in [-0.2, -0.15) is 0 Å². The minimum atomic E-state index is 0. The molecule has 0 heterocycles. The molecule has 1 rings (SSSR count). The monoisotopic (exact) mass is 555 g/mol. The van der Waals surface area contributed by atoms with E-state index in [1.807, 2.05) is 27.7 Å². The Morgan fingerprint density at radius 2 is 0.955 bits per heavy atom. The first-order valence-electron chi connectivity index (χ1n) is 8.68. The van der Waals surface area contributed by atoms with Gasteiger partial charge < -0.3 is 25.3 Å². The average Bonchev–Trinajstić information content (AvgIpc) is 3.12. The van der Waals surface area contributed by atoms with Crippen LogP contribution in [0.4, 0.5) is 0 Å². The molecule has 0 aromatic carbocycles. The Kier molecular flexibility index (Phi) is 101. The van der Waals surface area contributed by atoms with Gasteiger partial charge in [0.15, 0.2) is 0 Å². The summed E-state index contributed by atoms with van der Waals surface area (Å²) in [6.07, 6.45) is 12.6. The number of hydrogen-bond acceptors (Lipinski definition) is 0. The fraction of sp³-hybridized carbons (Fsp3) is 0.750. The van der Waals surface area contributed by atoms with Crippen molar-refractivity contribution in [2.45, 2.75) is 100 Å². The van der Waals surface area contributed by atoms with Crippen LogP contribution in [0.3, 0.4) is 0 Å². The van der Waals surface area contributed by atoms with E-state index in [1.54, 1.807) is 23.3 Å². The van der Waals surface area contributed by atoms with Crippen LogP contribution in [0, 0.1) is 13.2 Å². The summed E-state index contributed by atoms with van der Waals surface area (Å²) < 4.78 is 1.59. The van der Waals surface area contributed by atoms with Crippen molar-refractivity contribution in [2.75, 3.05) is 0 Å². The van der Waals surface area contributed by atoms with Crippen LogP contribution in [0.1, 0.15) is 100 Å². The molecule has 133 valence electrons. The fourth-order valence-corrected chi connectivity index (χ4v) is 0.884. The molecule has 0 spiro atoms. The van der Waals surface area contributed by atoms with Gasteiger partial charge in [0.25, 0.3) is 0 Å². The summed E-state index contributed by atoms with van der Waals surface area (Å²) in [6, 6.07) is 0. The molecule has 0 nitrogen and oxygen atoms in total. The van der Waals surface area contributed by atoms with Gasteiger partial charge in [-0.15, -0.1) is 0 Å². The van der Waals surface area contributed by atoms with E-state index in [9.17, 15) is 0 Å². The molecule has 22 heavy (non-hydrogen) atoms. The van der Waals surface area contributed by atoms with Gasteiger partial charge in [0.05, 0.1) is 0 Å². The normalized spacial score (nSPS) is 9.45. The zero-order chi connectivity index (χ0) is 17.9. The average molecular weight is 555 g/mol. The first-order valence-corrected chi connectivity index (χ1v) is 10.1. The van der Waals surface area contributed by atoms with Gasteiger partial charge in [0, 0.05) is 32.7 Å². The summed E-state index contributed by atoms with van der Waals surface area (Å²) in [7, 11) is 0. The molecule has 0 aromatic heterocycles. The second-order valence-electron chi connectivity index (χ2n) is 3.92. The van der Waals surface area contributed by atoms with Crippen molar-refractivity contribution >= 4 is 3.90 Å². The van der Waals surface area contributed by atoms with E-state index in [4.69, 9.17) is 13.2 Å². The molecule has 1 aliphatic rings.